The standard InChI is InChI=1S/C31H42BF6N3O4/c1-19-25(30(33,34)35)26(31(36,37)38)27(41(19)14-7-15-44-5)21-8-6-13-40(18-21)24(42)17-23(39-28(43)45-29(2,3)4)16-20-9-11-22(32)12-10-20/h9-12,21,23H,6-8,13-18,32H2,1-5H3,(H,39,43)/t21-,23-/m1/s1. The highest BCUT2D eigenvalue weighted by Gasteiger charge is 2.50. The molecule has 2 amide bonds. The van der Waals surface area contributed by atoms with Gasteiger partial charge in [-0.25, -0.2) is 4.79 Å². The lowest BCUT2D eigenvalue weighted by Crippen LogP contribution is -2.46. The Morgan fingerprint density at radius 1 is 1.04 bits per heavy atom. The van der Waals surface area contributed by atoms with Gasteiger partial charge in [-0.15, -0.1) is 0 Å². The largest absolute Gasteiger partial charge is 0.444 e. The molecule has 0 radical (unpaired) electrons. The van der Waals surface area contributed by atoms with Crippen molar-refractivity contribution in [3.63, 3.8) is 0 Å². The number of alkyl carbamates (subject to hydrolysis) is 1. The zero-order chi connectivity index (χ0) is 33.7. The van der Waals surface area contributed by atoms with Crippen LogP contribution >= 0.6 is 0 Å². The van der Waals surface area contributed by atoms with E-state index in [0.717, 1.165) is 22.5 Å². The minimum Gasteiger partial charge on any atom is -0.444 e. The molecule has 1 aliphatic heterocycles. The third-order valence-electron chi connectivity index (χ3n) is 7.77. The Morgan fingerprint density at radius 2 is 1.67 bits per heavy atom. The van der Waals surface area contributed by atoms with Crippen molar-refractivity contribution in [3.8, 4) is 0 Å². The molecule has 0 aliphatic carbocycles. The molecule has 1 saturated heterocycles. The number of alkyl halides is 6. The highest BCUT2D eigenvalue weighted by molar-refractivity contribution is 6.32. The van der Waals surface area contributed by atoms with Crippen LogP contribution in [-0.4, -0.2) is 67.8 Å². The fourth-order valence-corrected chi connectivity index (χ4v) is 5.90. The third-order valence-corrected chi connectivity index (χ3v) is 7.77. The monoisotopic (exact) mass is 645 g/mol. The number of rotatable bonds is 10. The molecule has 2 atom stereocenters. The topological polar surface area (TPSA) is 72.8 Å². The molecule has 0 unspecified atom stereocenters. The zero-order valence-corrected chi connectivity index (χ0v) is 26.6. The molecule has 45 heavy (non-hydrogen) atoms. The van der Waals surface area contributed by atoms with Gasteiger partial charge in [0, 0.05) is 63.1 Å². The van der Waals surface area contributed by atoms with Gasteiger partial charge < -0.3 is 24.3 Å². The van der Waals surface area contributed by atoms with Gasteiger partial charge in [-0.2, -0.15) is 26.3 Å². The number of nitrogens with one attached hydrogen (secondary N) is 1. The number of methoxy groups -OCH3 is 1. The molecule has 0 bridgehead atoms. The lowest BCUT2D eigenvalue weighted by atomic mass is 9.90. The molecular weight excluding hydrogens is 603 g/mol. The Morgan fingerprint density at radius 3 is 2.22 bits per heavy atom. The maximum atomic E-state index is 14.4. The van der Waals surface area contributed by atoms with Crippen molar-refractivity contribution in [1.29, 1.82) is 0 Å². The van der Waals surface area contributed by atoms with E-state index < -0.39 is 64.4 Å². The summed E-state index contributed by atoms with van der Waals surface area (Å²) in [6, 6.07) is 6.84. The zero-order valence-electron chi connectivity index (χ0n) is 26.6. The van der Waals surface area contributed by atoms with Crippen LogP contribution in [0, 0.1) is 6.92 Å². The van der Waals surface area contributed by atoms with E-state index in [1.54, 1.807) is 20.8 Å². The van der Waals surface area contributed by atoms with Crippen molar-refractivity contribution < 1.29 is 45.4 Å². The van der Waals surface area contributed by atoms with Gasteiger partial charge in [0.2, 0.25) is 5.91 Å². The van der Waals surface area contributed by atoms with E-state index in [0.29, 0.717) is 6.42 Å². The van der Waals surface area contributed by atoms with E-state index in [-0.39, 0.29) is 51.9 Å². The van der Waals surface area contributed by atoms with Crippen LogP contribution in [0.4, 0.5) is 31.1 Å². The average molecular weight is 645 g/mol. The number of hydrogen-bond acceptors (Lipinski definition) is 4. The number of nitrogens with zero attached hydrogens (tertiary/aromatic N) is 2. The summed E-state index contributed by atoms with van der Waals surface area (Å²) in [7, 11) is 3.33. The Labute approximate surface area is 261 Å². The van der Waals surface area contributed by atoms with Crippen molar-refractivity contribution in [2.24, 2.45) is 0 Å². The van der Waals surface area contributed by atoms with Gasteiger partial charge in [0.15, 0.2) is 0 Å². The summed E-state index contributed by atoms with van der Waals surface area (Å²) in [5.74, 6) is -1.40. The quantitative estimate of drug-likeness (QED) is 0.215. The van der Waals surface area contributed by atoms with E-state index >= 15 is 0 Å². The first-order valence-electron chi connectivity index (χ1n) is 15.0. The number of benzene rings is 1. The number of piperidine rings is 1. The Hall–Kier alpha value is -3.16. The number of amides is 2. The summed E-state index contributed by atoms with van der Waals surface area (Å²) in [5, 5.41) is 2.75. The van der Waals surface area contributed by atoms with E-state index in [1.165, 1.54) is 12.0 Å². The molecule has 1 N–H and O–H groups in total. The van der Waals surface area contributed by atoms with Gasteiger partial charge in [-0.05, 0) is 58.9 Å². The van der Waals surface area contributed by atoms with Gasteiger partial charge in [0.05, 0.1) is 11.1 Å². The molecule has 1 fully saturated rings. The number of carbonyl (C=O) groups is 2. The second-order valence-electron chi connectivity index (χ2n) is 12.6. The third kappa shape index (κ3) is 9.91. The Bertz CT molecular complexity index is 1320. The predicted molar refractivity (Wildman–Crippen MR) is 160 cm³/mol. The molecule has 1 aromatic carbocycles. The minimum atomic E-state index is -5.26. The van der Waals surface area contributed by atoms with E-state index in [9.17, 15) is 35.9 Å². The minimum absolute atomic E-state index is 0.100. The maximum Gasteiger partial charge on any atom is 0.418 e. The fourth-order valence-electron chi connectivity index (χ4n) is 5.90. The van der Waals surface area contributed by atoms with Crippen LogP contribution in [-0.2, 0) is 39.6 Å². The smallest absolute Gasteiger partial charge is 0.418 e. The van der Waals surface area contributed by atoms with Crippen molar-refractivity contribution in [1.82, 2.24) is 14.8 Å². The summed E-state index contributed by atoms with van der Waals surface area (Å²) in [4.78, 5) is 27.6. The van der Waals surface area contributed by atoms with Crippen LogP contribution in [0.3, 0.4) is 0 Å². The second kappa shape index (κ2) is 14.5. The van der Waals surface area contributed by atoms with Gasteiger partial charge >= 0.3 is 18.4 Å². The van der Waals surface area contributed by atoms with Crippen LogP contribution in [0.15, 0.2) is 24.3 Å². The number of hydrogen-bond donors (Lipinski definition) is 1. The molecule has 3 rings (SSSR count). The highest BCUT2D eigenvalue weighted by atomic mass is 19.4. The number of carbonyl (C=O) groups excluding carboxylic acids is 2. The number of ether oxygens (including phenoxy) is 2. The first-order valence-corrected chi connectivity index (χ1v) is 15.0. The van der Waals surface area contributed by atoms with Crippen molar-refractivity contribution in [3.05, 3.63) is 52.3 Å². The molecule has 7 nitrogen and oxygen atoms in total. The van der Waals surface area contributed by atoms with Crippen LogP contribution in [0.5, 0.6) is 0 Å². The van der Waals surface area contributed by atoms with Crippen molar-refractivity contribution in [2.75, 3.05) is 26.8 Å². The maximum absolute atomic E-state index is 14.4. The summed E-state index contributed by atoms with van der Waals surface area (Å²) < 4.78 is 97.0. The second-order valence-corrected chi connectivity index (χ2v) is 12.6. The van der Waals surface area contributed by atoms with Gasteiger partial charge in [0.1, 0.15) is 13.4 Å². The fraction of sp³-hybridized carbons (Fsp3) is 0.613. The Balaban J connectivity index is 1.93. The summed E-state index contributed by atoms with van der Waals surface area (Å²) in [5.41, 5.74) is -3.25. The molecule has 2 heterocycles. The lowest BCUT2D eigenvalue weighted by molar-refractivity contribution is -0.162. The Kier molecular flexibility index (Phi) is 11.7. The first-order chi connectivity index (χ1) is 20.8. The molecule has 14 heteroatoms. The van der Waals surface area contributed by atoms with Gasteiger partial charge in [-0.3, -0.25) is 4.79 Å². The number of aromatic nitrogens is 1. The van der Waals surface area contributed by atoms with Gasteiger partial charge in [-0.1, -0.05) is 29.7 Å². The molecule has 0 spiro atoms. The molecular formula is C31H42BF6N3O4. The summed E-state index contributed by atoms with van der Waals surface area (Å²) >= 11 is 0. The van der Waals surface area contributed by atoms with Crippen molar-refractivity contribution >= 4 is 25.3 Å². The average Bonchev–Trinajstić information content (AvgIpc) is 3.22. The summed E-state index contributed by atoms with van der Waals surface area (Å²) in [6.07, 6.45) is -10.4. The van der Waals surface area contributed by atoms with Crippen LogP contribution < -0.4 is 10.8 Å². The van der Waals surface area contributed by atoms with E-state index in [2.05, 4.69) is 5.32 Å². The molecule has 1 aliphatic rings. The number of halogens is 6. The summed E-state index contributed by atoms with van der Waals surface area (Å²) in [6.45, 7) is 6.26. The molecule has 0 saturated carbocycles. The van der Waals surface area contributed by atoms with Crippen LogP contribution in [0.1, 0.15) is 80.5 Å². The van der Waals surface area contributed by atoms with Crippen molar-refractivity contribution in [2.45, 2.75) is 96.3 Å². The molecule has 1 aromatic heterocycles. The molecule has 2 aromatic rings. The first kappa shape index (κ1) is 36.3. The van der Waals surface area contributed by atoms with E-state index in [4.69, 9.17) is 9.47 Å². The van der Waals surface area contributed by atoms with Crippen LogP contribution in [0.25, 0.3) is 0 Å². The lowest BCUT2D eigenvalue weighted by Gasteiger charge is -2.35. The molecule has 250 valence electrons. The van der Waals surface area contributed by atoms with E-state index in [1.807, 2.05) is 32.1 Å². The normalized spacial score (nSPS) is 16.9. The van der Waals surface area contributed by atoms with Gasteiger partial charge in [0.25, 0.3) is 0 Å². The SMILES string of the molecule is Bc1ccc(C[C@H](CC(=O)N2CCC[C@@H](c3c(C(F)(F)F)c(C(F)(F)F)c(C)n3CCCOC)C2)NC(=O)OC(C)(C)C)cc1. The highest BCUT2D eigenvalue weighted by Crippen LogP contribution is 2.48. The number of likely N-dealkylation sites (tertiary alicyclic amines) is 1. The van der Waals surface area contributed by atoms with Crippen LogP contribution in [0.2, 0.25) is 0 Å². The predicted octanol–water partition coefficient (Wildman–Crippen LogP) is 5.36.